The summed E-state index contributed by atoms with van der Waals surface area (Å²) in [5, 5.41) is 14.6. The number of rotatable bonds is 12. The second-order valence-corrected chi connectivity index (χ2v) is 59.7. The van der Waals surface area contributed by atoms with E-state index in [1.165, 1.54) is 53.8 Å². The normalized spacial score (nSPS) is 11.0. The summed E-state index contributed by atoms with van der Waals surface area (Å²) in [6.45, 7) is 36.3. The van der Waals surface area contributed by atoms with Crippen molar-refractivity contribution in [2.45, 2.75) is 106 Å². The number of aromatic nitrogens is 8. The maximum absolute atomic E-state index is 6.03. The van der Waals surface area contributed by atoms with Crippen LogP contribution in [0.4, 0.5) is 0 Å². The Kier molecular flexibility index (Phi) is 38.4. The smallest absolute Gasteiger partial charge is 0.151 e. The van der Waals surface area contributed by atoms with E-state index in [4.69, 9.17) is 22.7 Å². The largest absolute Gasteiger partial charge is 0.455 e. The summed E-state index contributed by atoms with van der Waals surface area (Å²) in [4.78, 5) is 35.7. The van der Waals surface area contributed by atoms with Gasteiger partial charge in [-0.1, -0.05) is 223 Å². The van der Waals surface area contributed by atoms with Crippen LogP contribution >= 0.6 is 0 Å². The van der Waals surface area contributed by atoms with Crippen LogP contribution in [0, 0.1) is 76.2 Å². The van der Waals surface area contributed by atoms with Crippen LogP contribution < -0.4 is 20.7 Å². The van der Waals surface area contributed by atoms with Crippen molar-refractivity contribution in [2.75, 3.05) is 0 Å². The summed E-state index contributed by atoms with van der Waals surface area (Å²) in [5.41, 5.74) is 27.9. The molecule has 24 aromatic rings. The Morgan fingerprint density at radius 3 is 0.872 bits per heavy atom. The Bertz CT molecular complexity index is 7950. The Hall–Kier alpha value is -13.5. The summed E-state index contributed by atoms with van der Waals surface area (Å²) in [6.07, 6.45) is 14.8. The summed E-state index contributed by atoms with van der Waals surface area (Å²) in [5.74, 6) is 0. The zero-order valence-electron chi connectivity index (χ0n) is 85.5. The number of pyridine rings is 8. The molecule has 0 atom stereocenters. The van der Waals surface area contributed by atoms with Gasteiger partial charge in [-0.2, -0.15) is 0 Å². The van der Waals surface area contributed by atoms with Crippen LogP contribution in [0.1, 0.15) is 22.3 Å². The molecular weight excluding hydrogens is 2590 g/mol. The zero-order chi connectivity index (χ0) is 100. The quantitative estimate of drug-likeness (QED) is 0.0844. The van der Waals surface area contributed by atoms with E-state index in [-0.39, 0.29) is 80.4 Å². The molecule has 748 valence electrons. The number of nitrogens with zero attached hydrogens (tertiary/aromatic N) is 8. The van der Waals surface area contributed by atoms with Crippen molar-refractivity contribution < 1.29 is 98.1 Å². The van der Waals surface area contributed by atoms with Crippen LogP contribution in [-0.4, -0.2) is 72.2 Å². The fourth-order valence-corrected chi connectivity index (χ4v) is 21.7. The third-order valence-electron chi connectivity index (χ3n) is 24.3. The minimum atomic E-state index is -1.65. The Balaban J connectivity index is 0.000000142. The molecule has 12 nitrogen and oxygen atoms in total. The first-order chi connectivity index (χ1) is 69.6. The Morgan fingerprint density at radius 1 is 0.209 bits per heavy atom. The van der Waals surface area contributed by atoms with Crippen molar-refractivity contribution in [2.24, 2.45) is 0 Å². The van der Waals surface area contributed by atoms with Crippen LogP contribution in [-0.2, 0) is 80.4 Å². The zero-order valence-corrected chi connectivity index (χ0v) is 99.1. The first-order valence-electron chi connectivity index (χ1n) is 48.3. The van der Waals surface area contributed by atoms with Crippen molar-refractivity contribution in [3.05, 3.63) is 460 Å². The van der Waals surface area contributed by atoms with Crippen LogP contribution in [0.2, 0.25) is 78.6 Å². The Morgan fingerprint density at radius 2 is 0.527 bits per heavy atom. The van der Waals surface area contributed by atoms with Gasteiger partial charge in [0.2, 0.25) is 0 Å². The SMILES string of the molecule is C[Si](C)(C)c1[c-]c(-c2cc3c(cn2)oc2ccccc23)ccc1.C[Si](C)(C)c1c(-c2[c-]cccc2)ncc2oc3ccccc3c12.C[Si](C)(C)c1c[c-]c(-c2cc3c(cn2)oc2ccccc23)cc1.C[Si](C)(C)c1cc[c-]c(-c2cc3c(cn2)oc2ccccc23)c1.Cc1ccc(-c2[c-]cccc2)nc1.Cc1ccc(-c2[c-]cccc2)nc1.Cc1ccc(-c2[c-]cccc2)nc1.Cc1ccc(-c2[c-]cccc2)nc1.[Ir].[Ir].[Ir].[Ir]. The maximum atomic E-state index is 6.03. The van der Waals surface area contributed by atoms with Crippen molar-refractivity contribution in [1.29, 1.82) is 0 Å². The van der Waals surface area contributed by atoms with E-state index in [0.29, 0.717) is 0 Å². The van der Waals surface area contributed by atoms with Gasteiger partial charge in [-0.3, -0.25) is 0 Å². The molecule has 4 radical (unpaired) electrons. The van der Waals surface area contributed by atoms with Gasteiger partial charge in [0.1, 0.15) is 22.3 Å². The molecule has 0 saturated heterocycles. The standard InChI is InChI=1S/4C20H18NOSi.4C12H10N.4Ir/c2*1-23(2,3)15-8-6-7-14(11-15)18-12-17-16-9-4-5-10-19(16)22-20(17)13-21-18;1-23(2,3)20-18-15-11-7-8-12-16(15)22-17(18)13-21-19(20)14-9-5-4-6-10-14;1-23(2,3)15-10-8-14(9-11-15)18-12-17-16-6-4-5-7-19(16)22-20(17)13-21-18;4*1-10-7-8-12(13-9-10)11-5-3-2-4-6-11;;;;/h4-6,8-13H,1-3H3;4-10,12-13H,1-3H3;4-9,11-13H,1-3H3;4-8,10-13H,1-3H3;4*2-5,7-9H,1H3;;;;/q8*-1;;;;. The monoisotopic (exact) mass is 2710 g/mol. The van der Waals surface area contributed by atoms with Gasteiger partial charge in [0.25, 0.3) is 0 Å². The molecule has 0 unspecified atom stereocenters. The van der Waals surface area contributed by atoms with E-state index in [2.05, 4.69) is 289 Å². The molecule has 0 amide bonds. The van der Waals surface area contributed by atoms with Crippen LogP contribution in [0.3, 0.4) is 0 Å². The van der Waals surface area contributed by atoms with Crippen LogP contribution in [0.15, 0.2) is 407 Å². The first-order valence-corrected chi connectivity index (χ1v) is 62.3. The molecule has 0 saturated carbocycles. The molecule has 0 fully saturated rings. The van der Waals surface area contributed by atoms with E-state index in [0.717, 1.165) is 167 Å². The Labute approximate surface area is 926 Å². The van der Waals surface area contributed by atoms with Gasteiger partial charge >= 0.3 is 0 Å². The van der Waals surface area contributed by atoms with Gasteiger partial charge in [-0.25, -0.2) is 0 Å². The van der Waals surface area contributed by atoms with Gasteiger partial charge in [0, 0.05) is 156 Å². The molecule has 0 aliphatic heterocycles. The van der Waals surface area contributed by atoms with Crippen LogP contribution in [0.25, 0.3) is 178 Å². The van der Waals surface area contributed by atoms with Crippen LogP contribution in [0.5, 0.6) is 0 Å². The fraction of sp³-hybridized carbons (Fsp3) is 0.125. The number of hydrogen-bond acceptors (Lipinski definition) is 12. The molecule has 12 aromatic heterocycles. The van der Waals surface area contributed by atoms with Gasteiger partial charge in [-0.05, 0) is 120 Å². The molecule has 20 heteroatoms. The second-order valence-electron chi connectivity index (χ2n) is 39.5. The van der Waals surface area contributed by atoms with Gasteiger partial charge in [-0.15, -0.1) is 285 Å². The molecule has 0 N–H and O–H groups in total. The van der Waals surface area contributed by atoms with Crippen molar-refractivity contribution >= 4 is 141 Å². The predicted molar refractivity (Wildman–Crippen MR) is 608 cm³/mol. The molecule has 12 aromatic carbocycles. The average Bonchev–Trinajstić information content (AvgIpc) is 1.57. The molecule has 0 spiro atoms. The predicted octanol–water partition coefficient (Wildman–Crippen LogP) is 31.4. The summed E-state index contributed by atoms with van der Waals surface area (Å²) in [7, 11) is -5.67. The third-order valence-corrected chi connectivity index (χ3v) is 32.3. The van der Waals surface area contributed by atoms with Crippen molar-refractivity contribution in [3.8, 4) is 90.1 Å². The molecule has 0 aliphatic carbocycles. The van der Waals surface area contributed by atoms with E-state index in [1.807, 2.05) is 290 Å². The minimum absolute atomic E-state index is 0. The topological polar surface area (TPSA) is 156 Å². The number of fused-ring (bicyclic) bond motifs is 12. The minimum Gasteiger partial charge on any atom is -0.455 e. The molecule has 0 bridgehead atoms. The molecule has 148 heavy (non-hydrogen) atoms. The number of aryl methyl sites for hydroxylation is 4. The van der Waals surface area contributed by atoms with E-state index in [1.54, 1.807) is 0 Å². The summed E-state index contributed by atoms with van der Waals surface area (Å²) < 4.78 is 23.6. The molecule has 12 heterocycles. The van der Waals surface area contributed by atoms with Gasteiger partial charge in [0.15, 0.2) is 22.3 Å². The van der Waals surface area contributed by atoms with E-state index >= 15 is 0 Å². The number of hydrogen-bond donors (Lipinski definition) is 0. The molecular formula is C128H112Ir4N8O4Si4-8. The first kappa shape index (κ1) is 112. The van der Waals surface area contributed by atoms with Crippen molar-refractivity contribution in [3.63, 3.8) is 0 Å². The average molecular weight is 2710 g/mol. The third kappa shape index (κ3) is 28.3. The second kappa shape index (κ2) is 50.9. The fourth-order valence-electron chi connectivity index (χ4n) is 16.4. The number of furan rings is 4. The summed E-state index contributed by atoms with van der Waals surface area (Å²) >= 11 is 0. The van der Waals surface area contributed by atoms with E-state index in [9.17, 15) is 0 Å². The maximum Gasteiger partial charge on any atom is 0.151 e. The van der Waals surface area contributed by atoms with Crippen molar-refractivity contribution in [1.82, 2.24) is 39.9 Å². The molecule has 0 aliphatic rings. The molecule has 24 rings (SSSR count). The van der Waals surface area contributed by atoms with Gasteiger partial charge < -0.3 is 57.5 Å². The summed E-state index contributed by atoms with van der Waals surface area (Å²) in [6, 6.07) is 140. The van der Waals surface area contributed by atoms with Gasteiger partial charge in [0.05, 0.1) is 49.0 Å². The van der Waals surface area contributed by atoms with E-state index < -0.39 is 32.3 Å². The number of benzene rings is 12. The number of para-hydroxylation sites is 4.